The Labute approximate surface area is 69.6 Å². The average Bonchev–Trinajstić information content (AvgIpc) is 1.90. The molecule has 0 unspecified atom stereocenters. The van der Waals surface area contributed by atoms with Crippen molar-refractivity contribution < 1.29 is 10.2 Å². The zero-order valence-electron chi connectivity index (χ0n) is 7.88. The number of aliphatic hydroxyl groups excluding tert-OH is 2. The van der Waals surface area contributed by atoms with E-state index in [1.165, 1.54) is 0 Å². The van der Waals surface area contributed by atoms with E-state index in [2.05, 4.69) is 6.92 Å². The van der Waals surface area contributed by atoms with Crippen molar-refractivity contribution in [2.45, 2.75) is 19.8 Å². The summed E-state index contributed by atoms with van der Waals surface area (Å²) in [7, 11) is 3.85. The minimum atomic E-state index is 0.257. The van der Waals surface area contributed by atoms with Gasteiger partial charge in [-0.3, -0.25) is 0 Å². The van der Waals surface area contributed by atoms with Crippen molar-refractivity contribution in [1.82, 2.24) is 4.90 Å². The van der Waals surface area contributed by atoms with Crippen molar-refractivity contribution in [2.75, 3.05) is 33.9 Å². The summed E-state index contributed by atoms with van der Waals surface area (Å²) in [5.74, 6) is 0. The van der Waals surface area contributed by atoms with Crippen molar-refractivity contribution in [3.8, 4) is 0 Å². The second-order valence-electron chi connectivity index (χ2n) is 2.60. The maximum atomic E-state index is 8.20. The van der Waals surface area contributed by atoms with Gasteiger partial charge in [-0.15, -0.1) is 0 Å². The number of hydrogen-bond acceptors (Lipinski definition) is 3. The van der Waals surface area contributed by atoms with Crippen molar-refractivity contribution in [2.24, 2.45) is 0 Å². The SMILES string of the molecule is CCCCO.CN(C)CCO. The van der Waals surface area contributed by atoms with Crippen molar-refractivity contribution in [3.05, 3.63) is 0 Å². The molecular weight excluding hydrogens is 142 g/mol. The highest BCUT2D eigenvalue weighted by atomic mass is 16.3. The molecule has 0 radical (unpaired) electrons. The van der Waals surface area contributed by atoms with Crippen LogP contribution in [0.1, 0.15) is 19.8 Å². The Morgan fingerprint density at radius 2 is 1.64 bits per heavy atom. The number of hydrogen-bond donors (Lipinski definition) is 2. The fourth-order valence-corrected chi connectivity index (χ4v) is 0.358. The van der Waals surface area contributed by atoms with E-state index in [1.807, 2.05) is 19.0 Å². The lowest BCUT2D eigenvalue weighted by Crippen LogP contribution is -2.15. The summed E-state index contributed by atoms with van der Waals surface area (Å²) in [6.45, 7) is 3.42. The fraction of sp³-hybridized carbons (Fsp3) is 1.00. The largest absolute Gasteiger partial charge is 0.396 e. The summed E-state index contributed by atoms with van der Waals surface area (Å²) in [6.07, 6.45) is 2.04. The van der Waals surface area contributed by atoms with E-state index in [9.17, 15) is 0 Å². The van der Waals surface area contributed by atoms with Gasteiger partial charge in [-0.2, -0.15) is 0 Å². The van der Waals surface area contributed by atoms with Crippen LogP contribution in [0.5, 0.6) is 0 Å². The van der Waals surface area contributed by atoms with Gasteiger partial charge < -0.3 is 15.1 Å². The van der Waals surface area contributed by atoms with E-state index >= 15 is 0 Å². The summed E-state index contributed by atoms with van der Waals surface area (Å²) < 4.78 is 0. The molecule has 3 heteroatoms. The van der Waals surface area contributed by atoms with Crippen LogP contribution in [0.2, 0.25) is 0 Å². The van der Waals surface area contributed by atoms with Crippen LogP contribution in [0.25, 0.3) is 0 Å². The van der Waals surface area contributed by atoms with Gasteiger partial charge in [0, 0.05) is 13.2 Å². The summed E-state index contributed by atoms with van der Waals surface area (Å²) in [6, 6.07) is 0. The van der Waals surface area contributed by atoms with Crippen LogP contribution < -0.4 is 0 Å². The molecule has 0 aliphatic carbocycles. The molecule has 0 fully saturated rings. The van der Waals surface area contributed by atoms with Gasteiger partial charge in [-0.25, -0.2) is 0 Å². The van der Waals surface area contributed by atoms with E-state index in [0.29, 0.717) is 6.61 Å². The molecule has 0 aliphatic heterocycles. The number of unbranched alkanes of at least 4 members (excludes halogenated alkanes) is 1. The molecule has 0 aliphatic rings. The Kier molecular flexibility index (Phi) is 15.4. The molecule has 0 amide bonds. The van der Waals surface area contributed by atoms with Gasteiger partial charge in [0.15, 0.2) is 0 Å². The second-order valence-corrected chi connectivity index (χ2v) is 2.60. The molecular formula is C8H21NO2. The van der Waals surface area contributed by atoms with Crippen LogP contribution in [0, 0.1) is 0 Å². The monoisotopic (exact) mass is 163 g/mol. The number of likely N-dealkylation sites (N-methyl/N-ethyl adjacent to an activating group) is 1. The molecule has 0 bridgehead atoms. The third-order valence-corrected chi connectivity index (χ3v) is 1.06. The Morgan fingerprint density at radius 1 is 1.09 bits per heavy atom. The molecule has 11 heavy (non-hydrogen) atoms. The standard InChI is InChI=1S/C4H11NO.C4H10O/c1-5(2)3-4-6;1-2-3-4-5/h6H,3-4H2,1-2H3;5H,2-4H2,1H3. The number of aliphatic hydroxyl groups is 2. The van der Waals surface area contributed by atoms with Gasteiger partial charge in [0.05, 0.1) is 6.61 Å². The minimum Gasteiger partial charge on any atom is -0.396 e. The molecule has 2 N–H and O–H groups in total. The third-order valence-electron chi connectivity index (χ3n) is 1.06. The lowest BCUT2D eigenvalue weighted by molar-refractivity contribution is 0.243. The van der Waals surface area contributed by atoms with Crippen LogP contribution in [0.4, 0.5) is 0 Å². The second kappa shape index (κ2) is 12.5. The zero-order chi connectivity index (χ0) is 9.11. The zero-order valence-corrected chi connectivity index (χ0v) is 7.88. The lowest BCUT2D eigenvalue weighted by Gasteiger charge is -2.03. The predicted molar refractivity (Wildman–Crippen MR) is 47.6 cm³/mol. The van der Waals surface area contributed by atoms with Gasteiger partial charge in [0.25, 0.3) is 0 Å². The number of nitrogens with zero attached hydrogens (tertiary/aromatic N) is 1. The first-order valence-corrected chi connectivity index (χ1v) is 4.05. The summed E-state index contributed by atoms with van der Waals surface area (Å²) in [5, 5.41) is 16.3. The Bertz CT molecular complexity index is 56.1. The molecule has 0 aromatic carbocycles. The maximum Gasteiger partial charge on any atom is 0.0558 e. The molecule has 0 spiro atoms. The van der Waals surface area contributed by atoms with Gasteiger partial charge in [-0.1, -0.05) is 13.3 Å². The van der Waals surface area contributed by atoms with Crippen molar-refractivity contribution in [1.29, 1.82) is 0 Å². The molecule has 0 aromatic rings. The van der Waals surface area contributed by atoms with Crippen molar-refractivity contribution in [3.63, 3.8) is 0 Å². The Balaban J connectivity index is 0. The predicted octanol–water partition coefficient (Wildman–Crippen LogP) is 0.319. The van der Waals surface area contributed by atoms with Crippen LogP contribution in [0.15, 0.2) is 0 Å². The van der Waals surface area contributed by atoms with E-state index in [-0.39, 0.29) is 6.61 Å². The third kappa shape index (κ3) is 25.8. The van der Waals surface area contributed by atoms with E-state index in [1.54, 1.807) is 0 Å². The molecule has 3 nitrogen and oxygen atoms in total. The van der Waals surface area contributed by atoms with E-state index in [0.717, 1.165) is 19.4 Å². The molecule has 0 saturated carbocycles. The topological polar surface area (TPSA) is 43.7 Å². The molecule has 0 heterocycles. The van der Waals surface area contributed by atoms with Crippen LogP contribution in [0.3, 0.4) is 0 Å². The van der Waals surface area contributed by atoms with Crippen molar-refractivity contribution >= 4 is 0 Å². The first-order chi connectivity index (χ1) is 5.18. The van der Waals surface area contributed by atoms with Gasteiger partial charge in [0.2, 0.25) is 0 Å². The minimum absolute atomic E-state index is 0.257. The van der Waals surface area contributed by atoms with Crippen LogP contribution in [-0.4, -0.2) is 49.0 Å². The average molecular weight is 163 g/mol. The molecule has 0 rings (SSSR count). The molecule has 0 aromatic heterocycles. The smallest absolute Gasteiger partial charge is 0.0558 e. The van der Waals surface area contributed by atoms with Crippen LogP contribution >= 0.6 is 0 Å². The molecule has 0 saturated heterocycles. The number of rotatable bonds is 4. The highest BCUT2D eigenvalue weighted by molar-refractivity contribution is 4.34. The summed E-state index contributed by atoms with van der Waals surface area (Å²) >= 11 is 0. The van der Waals surface area contributed by atoms with Crippen LogP contribution in [-0.2, 0) is 0 Å². The Morgan fingerprint density at radius 3 is 1.64 bits per heavy atom. The van der Waals surface area contributed by atoms with Gasteiger partial charge >= 0.3 is 0 Å². The first kappa shape index (κ1) is 13.5. The highest BCUT2D eigenvalue weighted by Gasteiger charge is 1.80. The van der Waals surface area contributed by atoms with Gasteiger partial charge in [-0.05, 0) is 20.5 Å². The van der Waals surface area contributed by atoms with Gasteiger partial charge in [0.1, 0.15) is 0 Å². The fourth-order valence-electron chi connectivity index (χ4n) is 0.358. The molecule has 0 atom stereocenters. The quantitative estimate of drug-likeness (QED) is 0.627. The normalized spacial score (nSPS) is 9.27. The maximum absolute atomic E-state index is 8.20. The summed E-state index contributed by atoms with van der Waals surface area (Å²) in [4.78, 5) is 1.93. The van der Waals surface area contributed by atoms with E-state index in [4.69, 9.17) is 10.2 Å². The lowest BCUT2D eigenvalue weighted by atomic mass is 10.4. The summed E-state index contributed by atoms with van der Waals surface area (Å²) in [5.41, 5.74) is 0. The van der Waals surface area contributed by atoms with E-state index < -0.39 is 0 Å². The highest BCUT2D eigenvalue weighted by Crippen LogP contribution is 1.78. The Hall–Kier alpha value is -0.120. The molecule has 70 valence electrons. The first-order valence-electron chi connectivity index (χ1n) is 4.05.